The molecular weight excluding hydrogens is 208 g/mol. The lowest BCUT2D eigenvalue weighted by Crippen LogP contribution is -2.13. The molecule has 1 heterocycles. The van der Waals surface area contributed by atoms with Crippen molar-refractivity contribution in [3.8, 4) is 12.3 Å². The molecule has 0 aliphatic carbocycles. The van der Waals surface area contributed by atoms with Crippen molar-refractivity contribution >= 4 is 22.5 Å². The molecule has 15 heavy (non-hydrogen) atoms. The van der Waals surface area contributed by atoms with Gasteiger partial charge in [0, 0.05) is 23.1 Å². The molecule has 76 valence electrons. The number of fused-ring (bicyclic) bond motifs is 1. The van der Waals surface area contributed by atoms with Gasteiger partial charge in [0.05, 0.1) is 11.6 Å². The van der Waals surface area contributed by atoms with Crippen molar-refractivity contribution in [2.24, 2.45) is 0 Å². The van der Waals surface area contributed by atoms with E-state index in [1.807, 2.05) is 24.3 Å². The summed E-state index contributed by atoms with van der Waals surface area (Å²) in [6, 6.07) is 7.96. The third-order valence-corrected chi connectivity index (χ3v) is 2.67. The van der Waals surface area contributed by atoms with E-state index in [0.29, 0.717) is 13.1 Å². The van der Waals surface area contributed by atoms with Gasteiger partial charge in [-0.1, -0.05) is 35.7 Å². The second-order valence-corrected chi connectivity index (χ2v) is 3.65. The van der Waals surface area contributed by atoms with E-state index in [4.69, 9.17) is 18.0 Å². The maximum absolute atomic E-state index is 6.21. The predicted molar refractivity (Wildman–Crippen MR) is 63.8 cm³/mol. The molecule has 2 aromatic rings. The Balaban J connectivity index is 2.29. The van der Waals surface area contributed by atoms with Crippen LogP contribution in [0.1, 0.15) is 5.69 Å². The van der Waals surface area contributed by atoms with Crippen molar-refractivity contribution in [1.29, 1.82) is 0 Å². The molecule has 0 fully saturated rings. The topological polar surface area (TPSA) is 27.8 Å². The molecule has 0 radical (unpaired) electrons. The van der Waals surface area contributed by atoms with Crippen LogP contribution in [0.4, 0.5) is 0 Å². The van der Waals surface area contributed by atoms with E-state index < -0.39 is 0 Å². The maximum atomic E-state index is 6.21. The molecule has 3 heteroatoms. The lowest BCUT2D eigenvalue weighted by molar-refractivity contribution is 0.756. The van der Waals surface area contributed by atoms with Crippen molar-refractivity contribution < 1.29 is 0 Å². The van der Waals surface area contributed by atoms with Gasteiger partial charge in [-0.15, -0.1) is 6.42 Å². The van der Waals surface area contributed by atoms with E-state index >= 15 is 0 Å². The van der Waals surface area contributed by atoms with E-state index in [-0.39, 0.29) is 0 Å². The number of H-pyrrole nitrogens is 1. The molecule has 2 rings (SSSR count). The van der Waals surface area contributed by atoms with Gasteiger partial charge in [0.2, 0.25) is 0 Å². The number of para-hydroxylation sites is 1. The molecule has 0 unspecified atom stereocenters. The number of aromatic nitrogens is 1. The minimum absolute atomic E-state index is 0.547. The summed E-state index contributed by atoms with van der Waals surface area (Å²) < 4.78 is 0. The van der Waals surface area contributed by atoms with Gasteiger partial charge in [-0.2, -0.15) is 0 Å². The van der Waals surface area contributed by atoms with Crippen LogP contribution in [0.5, 0.6) is 0 Å². The number of nitrogens with one attached hydrogen (secondary N) is 2. The van der Waals surface area contributed by atoms with Crippen LogP contribution in [0.2, 0.25) is 5.02 Å². The van der Waals surface area contributed by atoms with Gasteiger partial charge < -0.3 is 10.3 Å². The number of hydrogen-bond donors (Lipinski definition) is 2. The fraction of sp³-hybridized carbons (Fsp3) is 0.167. The molecule has 0 spiro atoms. The molecular formula is C12H11ClN2. The normalized spacial score (nSPS) is 10.4. The Labute approximate surface area is 93.6 Å². The van der Waals surface area contributed by atoms with Crippen LogP contribution < -0.4 is 5.32 Å². The van der Waals surface area contributed by atoms with E-state index in [1.54, 1.807) is 0 Å². The number of aromatic amines is 1. The van der Waals surface area contributed by atoms with E-state index in [0.717, 1.165) is 21.6 Å². The van der Waals surface area contributed by atoms with Crippen LogP contribution in [0.25, 0.3) is 10.9 Å². The highest BCUT2D eigenvalue weighted by molar-refractivity contribution is 6.36. The minimum atomic E-state index is 0.547. The highest BCUT2D eigenvalue weighted by Crippen LogP contribution is 2.26. The average Bonchev–Trinajstić information content (AvgIpc) is 2.57. The first-order valence-electron chi connectivity index (χ1n) is 4.72. The molecule has 0 bridgehead atoms. The summed E-state index contributed by atoms with van der Waals surface area (Å²) in [5, 5.41) is 4.93. The van der Waals surface area contributed by atoms with Crippen LogP contribution in [0, 0.1) is 12.3 Å². The van der Waals surface area contributed by atoms with Crippen LogP contribution >= 0.6 is 11.6 Å². The molecule has 1 aromatic heterocycles. The molecule has 0 aliphatic rings. The first kappa shape index (κ1) is 10.1. The van der Waals surface area contributed by atoms with Crippen molar-refractivity contribution in [2.45, 2.75) is 6.54 Å². The highest BCUT2D eigenvalue weighted by atomic mass is 35.5. The molecule has 2 nitrogen and oxygen atoms in total. The lowest BCUT2D eigenvalue weighted by atomic mass is 10.2. The van der Waals surface area contributed by atoms with Gasteiger partial charge in [0.15, 0.2) is 0 Å². The third-order valence-electron chi connectivity index (χ3n) is 2.24. The van der Waals surface area contributed by atoms with Gasteiger partial charge in [-0.05, 0) is 6.07 Å². The maximum Gasteiger partial charge on any atom is 0.0705 e. The Morgan fingerprint density at radius 3 is 2.93 bits per heavy atom. The fourth-order valence-corrected chi connectivity index (χ4v) is 1.82. The SMILES string of the molecule is C#CCNCc1[nH]c2ccccc2c1Cl. The molecule has 1 aromatic carbocycles. The molecule has 0 aliphatic heterocycles. The molecule has 0 amide bonds. The van der Waals surface area contributed by atoms with Gasteiger partial charge in [0.25, 0.3) is 0 Å². The summed E-state index contributed by atoms with van der Waals surface area (Å²) in [4.78, 5) is 3.26. The van der Waals surface area contributed by atoms with Crippen LogP contribution in [0.15, 0.2) is 24.3 Å². The highest BCUT2D eigenvalue weighted by Gasteiger charge is 2.07. The zero-order valence-corrected chi connectivity index (χ0v) is 8.93. The molecule has 0 saturated carbocycles. The summed E-state index contributed by atoms with van der Waals surface area (Å²) in [5.74, 6) is 2.52. The van der Waals surface area contributed by atoms with Crippen LogP contribution in [-0.2, 0) is 6.54 Å². The first-order valence-corrected chi connectivity index (χ1v) is 5.10. The Hall–Kier alpha value is -1.43. The average molecular weight is 219 g/mol. The second kappa shape index (κ2) is 4.39. The minimum Gasteiger partial charge on any atom is -0.356 e. The largest absolute Gasteiger partial charge is 0.356 e. The van der Waals surface area contributed by atoms with Crippen molar-refractivity contribution in [2.75, 3.05) is 6.54 Å². The van der Waals surface area contributed by atoms with E-state index in [2.05, 4.69) is 16.2 Å². The number of rotatable bonds is 3. The molecule has 0 saturated heterocycles. The standard InChI is InChI=1S/C12H11ClN2/c1-2-7-14-8-11-12(13)9-5-3-4-6-10(9)15-11/h1,3-6,14-15H,7-8H2. The number of benzene rings is 1. The zero-order valence-electron chi connectivity index (χ0n) is 8.18. The Morgan fingerprint density at radius 1 is 1.40 bits per heavy atom. The first-order chi connectivity index (χ1) is 7.33. The Bertz CT molecular complexity index is 508. The smallest absolute Gasteiger partial charge is 0.0705 e. The van der Waals surface area contributed by atoms with Crippen molar-refractivity contribution in [1.82, 2.24) is 10.3 Å². The van der Waals surface area contributed by atoms with Gasteiger partial charge >= 0.3 is 0 Å². The Morgan fingerprint density at radius 2 is 2.20 bits per heavy atom. The number of hydrogen-bond acceptors (Lipinski definition) is 1. The van der Waals surface area contributed by atoms with Gasteiger partial charge in [-0.25, -0.2) is 0 Å². The van der Waals surface area contributed by atoms with E-state index in [9.17, 15) is 0 Å². The molecule has 0 atom stereocenters. The quantitative estimate of drug-likeness (QED) is 0.602. The predicted octanol–water partition coefficient (Wildman–Crippen LogP) is 2.54. The zero-order chi connectivity index (χ0) is 10.7. The fourth-order valence-electron chi connectivity index (χ4n) is 1.54. The van der Waals surface area contributed by atoms with Crippen molar-refractivity contribution in [3.05, 3.63) is 35.0 Å². The van der Waals surface area contributed by atoms with E-state index in [1.165, 1.54) is 0 Å². The summed E-state index contributed by atoms with van der Waals surface area (Å²) in [6.07, 6.45) is 5.15. The third kappa shape index (κ3) is 1.99. The number of halogens is 1. The summed E-state index contributed by atoms with van der Waals surface area (Å²) in [7, 11) is 0. The van der Waals surface area contributed by atoms with Gasteiger partial charge in [0.1, 0.15) is 0 Å². The summed E-state index contributed by atoms with van der Waals surface area (Å²) in [6.45, 7) is 1.21. The lowest BCUT2D eigenvalue weighted by Gasteiger charge is -1.98. The summed E-state index contributed by atoms with van der Waals surface area (Å²) in [5.41, 5.74) is 2.04. The summed E-state index contributed by atoms with van der Waals surface area (Å²) >= 11 is 6.21. The monoisotopic (exact) mass is 218 g/mol. The van der Waals surface area contributed by atoms with Crippen molar-refractivity contribution in [3.63, 3.8) is 0 Å². The molecule has 2 N–H and O–H groups in total. The van der Waals surface area contributed by atoms with Crippen LogP contribution in [0.3, 0.4) is 0 Å². The Kier molecular flexibility index (Phi) is 2.96. The van der Waals surface area contributed by atoms with Gasteiger partial charge in [-0.3, -0.25) is 0 Å². The number of terminal acetylenes is 1. The van der Waals surface area contributed by atoms with Crippen LogP contribution in [-0.4, -0.2) is 11.5 Å². The second-order valence-electron chi connectivity index (χ2n) is 3.27.